The third kappa shape index (κ3) is 3.31. The second kappa shape index (κ2) is 5.33. The topological polar surface area (TPSA) is 88.8 Å². The SMILES string of the molecule is N=C(N)SCc1nc(-c2ccc(Br)cc2)no1. The highest BCUT2D eigenvalue weighted by Gasteiger charge is 2.08. The summed E-state index contributed by atoms with van der Waals surface area (Å²) in [5.74, 6) is 1.42. The van der Waals surface area contributed by atoms with Crippen molar-refractivity contribution in [2.24, 2.45) is 5.73 Å². The van der Waals surface area contributed by atoms with Crippen LogP contribution in [0, 0.1) is 5.41 Å². The zero-order valence-electron chi connectivity index (χ0n) is 8.68. The normalized spacial score (nSPS) is 10.4. The van der Waals surface area contributed by atoms with E-state index in [1.807, 2.05) is 24.3 Å². The third-order valence-electron chi connectivity index (χ3n) is 1.92. The van der Waals surface area contributed by atoms with Crippen LogP contribution in [0.2, 0.25) is 0 Å². The van der Waals surface area contributed by atoms with Crippen molar-refractivity contribution in [1.29, 1.82) is 5.41 Å². The fourth-order valence-corrected chi connectivity index (χ4v) is 1.83. The first kappa shape index (κ1) is 12.1. The molecule has 0 atom stereocenters. The Kier molecular flexibility index (Phi) is 3.80. The molecule has 0 fully saturated rings. The Balaban J connectivity index is 2.12. The zero-order valence-corrected chi connectivity index (χ0v) is 11.1. The lowest BCUT2D eigenvalue weighted by Crippen LogP contribution is -2.03. The Labute approximate surface area is 110 Å². The number of rotatable bonds is 3. The zero-order chi connectivity index (χ0) is 12.3. The molecular formula is C10H9BrN4OS. The average Bonchev–Trinajstić information content (AvgIpc) is 2.76. The fraction of sp³-hybridized carbons (Fsp3) is 0.100. The summed E-state index contributed by atoms with van der Waals surface area (Å²) >= 11 is 4.51. The molecule has 2 rings (SSSR count). The minimum Gasteiger partial charge on any atom is -0.379 e. The molecule has 0 unspecified atom stereocenters. The average molecular weight is 313 g/mol. The molecule has 1 aromatic heterocycles. The van der Waals surface area contributed by atoms with Crippen LogP contribution in [0.5, 0.6) is 0 Å². The first-order valence-electron chi connectivity index (χ1n) is 4.70. The van der Waals surface area contributed by atoms with Crippen molar-refractivity contribution in [1.82, 2.24) is 10.1 Å². The van der Waals surface area contributed by atoms with Crippen LogP contribution in [-0.4, -0.2) is 15.3 Å². The fourth-order valence-electron chi connectivity index (χ4n) is 1.17. The largest absolute Gasteiger partial charge is 0.379 e. The van der Waals surface area contributed by atoms with E-state index < -0.39 is 0 Å². The van der Waals surface area contributed by atoms with Crippen molar-refractivity contribution in [3.63, 3.8) is 0 Å². The van der Waals surface area contributed by atoms with Crippen LogP contribution < -0.4 is 5.73 Å². The highest BCUT2D eigenvalue weighted by atomic mass is 79.9. The van der Waals surface area contributed by atoms with E-state index >= 15 is 0 Å². The summed E-state index contributed by atoms with van der Waals surface area (Å²) in [6.45, 7) is 0. The maximum Gasteiger partial charge on any atom is 0.237 e. The van der Waals surface area contributed by atoms with Gasteiger partial charge in [-0.1, -0.05) is 32.8 Å². The van der Waals surface area contributed by atoms with E-state index in [1.54, 1.807) is 0 Å². The molecule has 88 valence electrons. The molecule has 0 amide bonds. The molecule has 0 spiro atoms. The predicted octanol–water partition coefficient (Wildman–Crippen LogP) is 2.63. The molecule has 0 bridgehead atoms. The molecule has 5 nitrogen and oxygen atoms in total. The molecule has 7 heteroatoms. The van der Waals surface area contributed by atoms with E-state index in [9.17, 15) is 0 Å². The van der Waals surface area contributed by atoms with Gasteiger partial charge in [0.25, 0.3) is 0 Å². The molecule has 0 aliphatic carbocycles. The van der Waals surface area contributed by atoms with Gasteiger partial charge in [0.05, 0.1) is 5.75 Å². The smallest absolute Gasteiger partial charge is 0.237 e. The maximum absolute atomic E-state index is 7.08. The molecule has 17 heavy (non-hydrogen) atoms. The number of hydrogen-bond acceptors (Lipinski definition) is 5. The van der Waals surface area contributed by atoms with Gasteiger partial charge in [-0.3, -0.25) is 5.41 Å². The van der Waals surface area contributed by atoms with Crippen LogP contribution >= 0.6 is 27.7 Å². The molecule has 1 aromatic carbocycles. The molecule has 1 heterocycles. The van der Waals surface area contributed by atoms with Gasteiger partial charge in [-0.05, 0) is 24.3 Å². The number of nitrogens with two attached hydrogens (primary N) is 1. The Morgan fingerprint density at radius 3 is 2.76 bits per heavy atom. The molecule has 0 aliphatic rings. The van der Waals surface area contributed by atoms with Crippen LogP contribution in [0.3, 0.4) is 0 Å². The lowest BCUT2D eigenvalue weighted by atomic mass is 10.2. The van der Waals surface area contributed by atoms with E-state index in [0.717, 1.165) is 21.8 Å². The van der Waals surface area contributed by atoms with Crippen molar-refractivity contribution in [2.45, 2.75) is 5.75 Å². The minimum atomic E-state index is 0.0355. The van der Waals surface area contributed by atoms with E-state index in [0.29, 0.717) is 17.5 Å². The van der Waals surface area contributed by atoms with Gasteiger partial charge in [0.1, 0.15) is 0 Å². The van der Waals surface area contributed by atoms with Crippen LogP contribution in [0.25, 0.3) is 11.4 Å². The second-order valence-corrected chi connectivity index (χ2v) is 5.10. The number of hydrogen-bond donors (Lipinski definition) is 2. The highest BCUT2D eigenvalue weighted by molar-refractivity contribution is 9.10. The first-order chi connectivity index (χ1) is 8.15. The number of halogens is 1. The quantitative estimate of drug-likeness (QED) is 0.671. The standard InChI is InChI=1S/C10H9BrN4OS/c11-7-3-1-6(2-4-7)9-14-8(16-15-9)5-17-10(12)13/h1-4H,5H2,(H3,12,13). The number of amidine groups is 1. The Hall–Kier alpha value is -1.34. The van der Waals surface area contributed by atoms with Crippen LogP contribution in [-0.2, 0) is 5.75 Å². The van der Waals surface area contributed by atoms with Crippen molar-refractivity contribution < 1.29 is 4.52 Å². The number of aromatic nitrogens is 2. The van der Waals surface area contributed by atoms with Gasteiger partial charge in [-0.2, -0.15) is 4.98 Å². The van der Waals surface area contributed by atoms with Crippen molar-refractivity contribution in [3.05, 3.63) is 34.6 Å². The van der Waals surface area contributed by atoms with Crippen LogP contribution in [0.15, 0.2) is 33.3 Å². The van der Waals surface area contributed by atoms with Crippen molar-refractivity contribution in [3.8, 4) is 11.4 Å². The van der Waals surface area contributed by atoms with Gasteiger partial charge in [0.2, 0.25) is 11.7 Å². The molecule has 0 saturated carbocycles. The van der Waals surface area contributed by atoms with E-state index in [-0.39, 0.29) is 5.17 Å². The van der Waals surface area contributed by atoms with Crippen LogP contribution in [0.1, 0.15) is 5.89 Å². The van der Waals surface area contributed by atoms with Gasteiger partial charge in [0.15, 0.2) is 5.17 Å². The molecule has 2 aromatic rings. The molecule has 0 aliphatic heterocycles. The maximum atomic E-state index is 7.08. The summed E-state index contributed by atoms with van der Waals surface area (Å²) in [4.78, 5) is 4.22. The summed E-state index contributed by atoms with van der Waals surface area (Å²) in [5.41, 5.74) is 6.11. The van der Waals surface area contributed by atoms with Gasteiger partial charge in [0, 0.05) is 10.0 Å². The molecular weight excluding hydrogens is 304 g/mol. The molecule has 3 N–H and O–H groups in total. The lowest BCUT2D eigenvalue weighted by molar-refractivity contribution is 0.392. The number of nitrogens with one attached hydrogen (secondary N) is 1. The summed E-state index contributed by atoms with van der Waals surface area (Å²) < 4.78 is 6.05. The molecule has 0 saturated heterocycles. The third-order valence-corrected chi connectivity index (χ3v) is 3.15. The summed E-state index contributed by atoms with van der Waals surface area (Å²) in [6.07, 6.45) is 0. The summed E-state index contributed by atoms with van der Waals surface area (Å²) in [6, 6.07) is 7.62. The highest BCUT2D eigenvalue weighted by Crippen LogP contribution is 2.20. The first-order valence-corrected chi connectivity index (χ1v) is 6.48. The molecule has 0 radical (unpaired) electrons. The lowest BCUT2D eigenvalue weighted by Gasteiger charge is -1.93. The van der Waals surface area contributed by atoms with Crippen molar-refractivity contribution in [2.75, 3.05) is 0 Å². The Bertz CT molecular complexity index is 525. The summed E-state index contributed by atoms with van der Waals surface area (Å²) in [5, 5.41) is 11.0. The number of thioether (sulfide) groups is 1. The Morgan fingerprint density at radius 2 is 2.12 bits per heavy atom. The van der Waals surface area contributed by atoms with E-state index in [1.165, 1.54) is 0 Å². The monoisotopic (exact) mass is 312 g/mol. The Morgan fingerprint density at radius 1 is 1.41 bits per heavy atom. The van der Waals surface area contributed by atoms with Gasteiger partial charge >= 0.3 is 0 Å². The van der Waals surface area contributed by atoms with Crippen LogP contribution in [0.4, 0.5) is 0 Å². The number of benzene rings is 1. The second-order valence-electron chi connectivity index (χ2n) is 3.17. The van der Waals surface area contributed by atoms with Gasteiger partial charge in [-0.25, -0.2) is 0 Å². The number of nitrogens with zero attached hydrogens (tertiary/aromatic N) is 2. The van der Waals surface area contributed by atoms with Crippen molar-refractivity contribution >= 4 is 32.9 Å². The predicted molar refractivity (Wildman–Crippen MR) is 70.6 cm³/mol. The summed E-state index contributed by atoms with van der Waals surface area (Å²) in [7, 11) is 0. The van der Waals surface area contributed by atoms with E-state index in [4.69, 9.17) is 15.7 Å². The van der Waals surface area contributed by atoms with Gasteiger partial charge in [-0.15, -0.1) is 0 Å². The van der Waals surface area contributed by atoms with E-state index in [2.05, 4.69) is 26.1 Å². The van der Waals surface area contributed by atoms with Gasteiger partial charge < -0.3 is 10.3 Å². The minimum absolute atomic E-state index is 0.0355.